The van der Waals surface area contributed by atoms with Crippen molar-refractivity contribution in [3.8, 4) is 0 Å². The molecule has 0 amide bonds. The minimum Gasteiger partial charge on any atom is -0.498 e. The van der Waals surface area contributed by atoms with E-state index in [4.69, 9.17) is 9.47 Å². The van der Waals surface area contributed by atoms with Crippen LogP contribution < -0.4 is 0 Å². The van der Waals surface area contributed by atoms with E-state index in [1.165, 1.54) is 6.26 Å². The van der Waals surface area contributed by atoms with Crippen LogP contribution in [0.2, 0.25) is 0 Å². The molecule has 4 heteroatoms. The fraction of sp³-hybridized carbons (Fsp3) is 0.167. The van der Waals surface area contributed by atoms with Gasteiger partial charge in [-0.3, -0.25) is 4.79 Å². The first kappa shape index (κ1) is 12.0. The average molecular weight is 220 g/mol. The summed E-state index contributed by atoms with van der Waals surface area (Å²) in [5, 5.41) is 0. The standard InChI is InChI=1S/C12H12O4/c1-2-15-7-8-16-12(14)11-5-3-10(9-13)4-6-11/h2-6,9H,1,7-8H2. The Bertz CT molecular complexity index is 367. The second-order valence-corrected chi connectivity index (χ2v) is 2.91. The Hall–Kier alpha value is -2.10. The van der Waals surface area contributed by atoms with Gasteiger partial charge in [0.1, 0.15) is 19.5 Å². The van der Waals surface area contributed by atoms with E-state index in [-0.39, 0.29) is 13.2 Å². The van der Waals surface area contributed by atoms with E-state index in [0.29, 0.717) is 17.4 Å². The van der Waals surface area contributed by atoms with Crippen LogP contribution in [0.15, 0.2) is 37.1 Å². The third kappa shape index (κ3) is 3.57. The van der Waals surface area contributed by atoms with Crippen LogP contribution in [-0.2, 0) is 9.47 Å². The quantitative estimate of drug-likeness (QED) is 0.317. The van der Waals surface area contributed by atoms with Crippen molar-refractivity contribution in [3.05, 3.63) is 48.2 Å². The molecule has 0 unspecified atom stereocenters. The molecule has 0 bridgehead atoms. The Morgan fingerprint density at radius 2 is 1.94 bits per heavy atom. The number of ether oxygens (including phenoxy) is 2. The second-order valence-electron chi connectivity index (χ2n) is 2.91. The molecular formula is C12H12O4. The number of benzene rings is 1. The van der Waals surface area contributed by atoms with Gasteiger partial charge in [0.15, 0.2) is 0 Å². The lowest BCUT2D eigenvalue weighted by Gasteiger charge is -2.04. The number of aldehydes is 1. The molecule has 0 aromatic heterocycles. The van der Waals surface area contributed by atoms with E-state index >= 15 is 0 Å². The Labute approximate surface area is 93.5 Å². The van der Waals surface area contributed by atoms with Gasteiger partial charge in [-0.05, 0) is 12.1 Å². The van der Waals surface area contributed by atoms with Gasteiger partial charge in [0, 0.05) is 5.56 Å². The molecule has 0 heterocycles. The van der Waals surface area contributed by atoms with Crippen molar-refractivity contribution in [2.24, 2.45) is 0 Å². The van der Waals surface area contributed by atoms with Gasteiger partial charge in [-0.1, -0.05) is 18.7 Å². The van der Waals surface area contributed by atoms with Crippen LogP contribution in [-0.4, -0.2) is 25.5 Å². The minimum atomic E-state index is -0.440. The van der Waals surface area contributed by atoms with Gasteiger partial charge < -0.3 is 9.47 Å². The molecule has 0 N–H and O–H groups in total. The Morgan fingerprint density at radius 3 is 2.50 bits per heavy atom. The number of rotatable bonds is 6. The highest BCUT2D eigenvalue weighted by atomic mass is 16.6. The van der Waals surface area contributed by atoms with Crippen molar-refractivity contribution in [1.82, 2.24) is 0 Å². The van der Waals surface area contributed by atoms with Crippen LogP contribution in [0.25, 0.3) is 0 Å². The molecule has 4 nitrogen and oxygen atoms in total. The zero-order valence-electron chi connectivity index (χ0n) is 8.72. The first-order valence-corrected chi connectivity index (χ1v) is 4.73. The summed E-state index contributed by atoms with van der Waals surface area (Å²) in [7, 11) is 0. The number of carbonyl (C=O) groups is 2. The van der Waals surface area contributed by atoms with Gasteiger partial charge in [0.2, 0.25) is 0 Å². The predicted molar refractivity (Wildman–Crippen MR) is 58.3 cm³/mol. The van der Waals surface area contributed by atoms with Gasteiger partial charge >= 0.3 is 5.97 Å². The Morgan fingerprint density at radius 1 is 1.25 bits per heavy atom. The number of carbonyl (C=O) groups excluding carboxylic acids is 2. The fourth-order valence-corrected chi connectivity index (χ4v) is 1.05. The summed E-state index contributed by atoms with van der Waals surface area (Å²) in [5.74, 6) is -0.440. The Balaban J connectivity index is 2.46. The van der Waals surface area contributed by atoms with Crippen LogP contribution in [0.5, 0.6) is 0 Å². The third-order valence-corrected chi connectivity index (χ3v) is 1.83. The SMILES string of the molecule is C=COCCOC(=O)c1ccc(C=O)cc1. The molecule has 0 aliphatic carbocycles. The molecule has 1 rings (SSSR count). The van der Waals surface area contributed by atoms with Crippen molar-refractivity contribution in [2.45, 2.75) is 0 Å². The lowest BCUT2D eigenvalue weighted by atomic mass is 10.1. The smallest absolute Gasteiger partial charge is 0.338 e. The van der Waals surface area contributed by atoms with E-state index in [9.17, 15) is 9.59 Å². The highest BCUT2D eigenvalue weighted by Gasteiger charge is 2.06. The molecule has 0 radical (unpaired) electrons. The van der Waals surface area contributed by atoms with Crippen molar-refractivity contribution >= 4 is 12.3 Å². The van der Waals surface area contributed by atoms with Gasteiger partial charge in [-0.15, -0.1) is 0 Å². The summed E-state index contributed by atoms with van der Waals surface area (Å²) < 4.78 is 9.70. The normalized spacial score (nSPS) is 9.25. The number of hydrogen-bond donors (Lipinski definition) is 0. The molecule has 0 atom stereocenters. The number of esters is 1. The molecule has 0 aliphatic heterocycles. The van der Waals surface area contributed by atoms with Gasteiger partial charge in [0.25, 0.3) is 0 Å². The van der Waals surface area contributed by atoms with Crippen LogP contribution >= 0.6 is 0 Å². The average Bonchev–Trinajstić information content (AvgIpc) is 2.34. The molecule has 0 fully saturated rings. The van der Waals surface area contributed by atoms with Crippen molar-refractivity contribution in [1.29, 1.82) is 0 Å². The number of hydrogen-bond acceptors (Lipinski definition) is 4. The summed E-state index contributed by atoms with van der Waals surface area (Å²) >= 11 is 0. The molecule has 0 saturated carbocycles. The predicted octanol–water partition coefficient (Wildman–Crippen LogP) is 1.82. The maximum atomic E-state index is 11.4. The van der Waals surface area contributed by atoms with Gasteiger partial charge in [-0.2, -0.15) is 0 Å². The first-order chi connectivity index (χ1) is 7.77. The van der Waals surface area contributed by atoms with E-state index in [1.54, 1.807) is 24.3 Å². The molecule has 0 saturated heterocycles. The molecule has 1 aromatic carbocycles. The molecule has 84 valence electrons. The summed E-state index contributed by atoms with van der Waals surface area (Å²) in [6.45, 7) is 3.81. The lowest BCUT2D eigenvalue weighted by molar-refractivity contribution is 0.0421. The van der Waals surface area contributed by atoms with Crippen molar-refractivity contribution < 1.29 is 19.1 Å². The maximum absolute atomic E-state index is 11.4. The van der Waals surface area contributed by atoms with E-state index < -0.39 is 5.97 Å². The lowest BCUT2D eigenvalue weighted by Crippen LogP contribution is -2.09. The topological polar surface area (TPSA) is 52.6 Å². The van der Waals surface area contributed by atoms with Gasteiger partial charge in [0.05, 0.1) is 11.8 Å². The highest BCUT2D eigenvalue weighted by Crippen LogP contribution is 2.04. The van der Waals surface area contributed by atoms with Crippen molar-refractivity contribution in [3.63, 3.8) is 0 Å². The highest BCUT2D eigenvalue weighted by molar-refractivity contribution is 5.90. The fourth-order valence-electron chi connectivity index (χ4n) is 1.05. The van der Waals surface area contributed by atoms with Crippen LogP contribution in [0, 0.1) is 0 Å². The zero-order valence-corrected chi connectivity index (χ0v) is 8.72. The molecule has 16 heavy (non-hydrogen) atoms. The van der Waals surface area contributed by atoms with Crippen molar-refractivity contribution in [2.75, 3.05) is 13.2 Å². The first-order valence-electron chi connectivity index (χ1n) is 4.73. The zero-order chi connectivity index (χ0) is 11.8. The molecule has 0 spiro atoms. The third-order valence-electron chi connectivity index (χ3n) is 1.83. The van der Waals surface area contributed by atoms with E-state index in [2.05, 4.69) is 6.58 Å². The summed E-state index contributed by atoms with van der Waals surface area (Å²) in [6.07, 6.45) is 2.00. The van der Waals surface area contributed by atoms with E-state index in [1.807, 2.05) is 0 Å². The van der Waals surface area contributed by atoms with E-state index in [0.717, 1.165) is 0 Å². The maximum Gasteiger partial charge on any atom is 0.338 e. The molecule has 0 aliphatic rings. The largest absolute Gasteiger partial charge is 0.498 e. The summed E-state index contributed by atoms with van der Waals surface area (Å²) in [6, 6.07) is 6.20. The minimum absolute atomic E-state index is 0.167. The summed E-state index contributed by atoms with van der Waals surface area (Å²) in [5.41, 5.74) is 0.927. The molecule has 1 aromatic rings. The van der Waals surface area contributed by atoms with Crippen LogP contribution in [0.1, 0.15) is 20.7 Å². The second kappa shape index (κ2) is 6.40. The van der Waals surface area contributed by atoms with Gasteiger partial charge in [-0.25, -0.2) is 4.79 Å². The van der Waals surface area contributed by atoms with Crippen LogP contribution in [0.3, 0.4) is 0 Å². The summed E-state index contributed by atoms with van der Waals surface area (Å²) in [4.78, 5) is 21.8. The molecular weight excluding hydrogens is 208 g/mol. The van der Waals surface area contributed by atoms with Crippen LogP contribution in [0.4, 0.5) is 0 Å². The Kier molecular flexibility index (Phi) is 4.79. The monoisotopic (exact) mass is 220 g/mol.